The third-order valence-corrected chi connectivity index (χ3v) is 6.13. The number of aliphatic hydroxyl groups excluding tert-OH is 1. The van der Waals surface area contributed by atoms with E-state index in [1.807, 2.05) is 24.3 Å². The van der Waals surface area contributed by atoms with Crippen LogP contribution >= 0.6 is 0 Å². The summed E-state index contributed by atoms with van der Waals surface area (Å²) in [4.78, 5) is 23.5. The van der Waals surface area contributed by atoms with Crippen LogP contribution in [0.15, 0.2) is 83.9 Å². The molecule has 0 atom stereocenters. The number of pyridine rings is 1. The van der Waals surface area contributed by atoms with E-state index in [1.165, 1.54) is 22.8 Å². The van der Waals surface area contributed by atoms with E-state index >= 15 is 0 Å². The molecule has 0 saturated heterocycles. The Morgan fingerprint density at radius 2 is 1.79 bits per heavy atom. The summed E-state index contributed by atoms with van der Waals surface area (Å²) in [5, 5.41) is 14.6. The first-order chi connectivity index (χ1) is 18.2. The molecule has 0 bridgehead atoms. The molecule has 3 aromatic heterocycles. The van der Waals surface area contributed by atoms with E-state index < -0.39 is 11.7 Å². The molecule has 0 spiro atoms. The SMILES string of the molecule is CN(CCO)c1ccnc(Cn2ccc(-c3nn(-c4ccc(C(F)(F)F)cc4)c4ccccc34)cc2=O)n1. The minimum absolute atomic E-state index is 0.0138. The lowest BCUT2D eigenvalue weighted by Gasteiger charge is -2.17. The molecule has 38 heavy (non-hydrogen) atoms. The number of alkyl halides is 3. The van der Waals surface area contributed by atoms with Crippen LogP contribution in [0.2, 0.25) is 0 Å². The molecule has 1 N–H and O–H groups in total. The Balaban J connectivity index is 1.48. The zero-order chi connectivity index (χ0) is 26.9. The van der Waals surface area contributed by atoms with Gasteiger partial charge < -0.3 is 14.6 Å². The number of rotatable bonds is 7. The quantitative estimate of drug-likeness (QED) is 0.347. The Morgan fingerprint density at radius 3 is 2.50 bits per heavy atom. The van der Waals surface area contributed by atoms with Gasteiger partial charge in [0.15, 0.2) is 0 Å². The Hall–Kier alpha value is -4.51. The van der Waals surface area contributed by atoms with Gasteiger partial charge in [0.1, 0.15) is 17.3 Å². The Labute approximate surface area is 215 Å². The molecule has 5 rings (SSSR count). The van der Waals surface area contributed by atoms with Crippen LogP contribution in [-0.4, -0.2) is 49.6 Å². The zero-order valence-electron chi connectivity index (χ0n) is 20.3. The average molecular weight is 521 g/mol. The number of hydrogen-bond acceptors (Lipinski definition) is 6. The first-order valence-electron chi connectivity index (χ1n) is 11.7. The Morgan fingerprint density at radius 1 is 1.03 bits per heavy atom. The molecular weight excluding hydrogens is 497 g/mol. The smallest absolute Gasteiger partial charge is 0.395 e. The summed E-state index contributed by atoms with van der Waals surface area (Å²) in [6.07, 6.45) is -1.19. The van der Waals surface area contributed by atoms with Gasteiger partial charge in [-0.05, 0) is 42.5 Å². The number of aromatic nitrogens is 5. The maximum Gasteiger partial charge on any atom is 0.416 e. The lowest BCUT2D eigenvalue weighted by molar-refractivity contribution is -0.137. The summed E-state index contributed by atoms with van der Waals surface area (Å²) in [6, 6.07) is 17.1. The predicted molar refractivity (Wildman–Crippen MR) is 137 cm³/mol. The lowest BCUT2D eigenvalue weighted by Crippen LogP contribution is -2.24. The first kappa shape index (κ1) is 25.2. The number of hydrogen-bond donors (Lipinski definition) is 1. The number of anilines is 1. The van der Waals surface area contributed by atoms with Gasteiger partial charge in [0, 0.05) is 43.0 Å². The highest BCUT2D eigenvalue weighted by molar-refractivity contribution is 5.94. The zero-order valence-corrected chi connectivity index (χ0v) is 20.3. The Kier molecular flexibility index (Phi) is 6.68. The van der Waals surface area contributed by atoms with Gasteiger partial charge in [-0.1, -0.05) is 18.2 Å². The van der Waals surface area contributed by atoms with E-state index in [1.54, 1.807) is 41.2 Å². The van der Waals surface area contributed by atoms with Crippen LogP contribution in [0.3, 0.4) is 0 Å². The van der Waals surface area contributed by atoms with Crippen molar-refractivity contribution in [2.24, 2.45) is 0 Å². The van der Waals surface area contributed by atoms with Crippen molar-refractivity contribution in [1.29, 1.82) is 0 Å². The van der Waals surface area contributed by atoms with Crippen LogP contribution < -0.4 is 10.5 Å². The first-order valence-corrected chi connectivity index (χ1v) is 11.7. The number of aliphatic hydroxyl groups is 1. The molecule has 194 valence electrons. The topological polar surface area (TPSA) is 89.1 Å². The van der Waals surface area contributed by atoms with Crippen molar-refractivity contribution in [2.45, 2.75) is 12.7 Å². The molecule has 5 aromatic rings. The summed E-state index contributed by atoms with van der Waals surface area (Å²) in [6.45, 7) is 0.554. The molecule has 0 radical (unpaired) electrons. The molecule has 0 aliphatic carbocycles. The van der Waals surface area contributed by atoms with Crippen molar-refractivity contribution in [1.82, 2.24) is 24.3 Å². The number of nitrogens with zero attached hydrogens (tertiary/aromatic N) is 6. The minimum atomic E-state index is -4.43. The largest absolute Gasteiger partial charge is 0.416 e. The van der Waals surface area contributed by atoms with E-state index in [2.05, 4.69) is 15.1 Å². The fourth-order valence-corrected chi connectivity index (χ4v) is 4.15. The molecule has 0 unspecified atom stereocenters. The van der Waals surface area contributed by atoms with Gasteiger partial charge in [0.2, 0.25) is 0 Å². The molecular formula is C27H23F3N6O2. The molecule has 8 nitrogen and oxygen atoms in total. The van der Waals surface area contributed by atoms with Gasteiger partial charge in [-0.2, -0.15) is 18.3 Å². The molecule has 3 heterocycles. The summed E-state index contributed by atoms with van der Waals surface area (Å²) < 4.78 is 42.1. The molecule has 0 aliphatic heterocycles. The van der Waals surface area contributed by atoms with Crippen molar-refractivity contribution < 1.29 is 18.3 Å². The van der Waals surface area contributed by atoms with Crippen LogP contribution in [0.5, 0.6) is 0 Å². The highest BCUT2D eigenvalue weighted by Gasteiger charge is 2.30. The standard InChI is InChI=1S/C27H23F3N6O2/c1-34(14-15-37)24-10-12-31-23(32-24)17-35-13-11-18(16-25(35)38)26-21-4-2-3-5-22(21)36(33-26)20-8-6-19(7-9-20)27(28,29)30/h2-13,16,37H,14-15,17H2,1H3. The van der Waals surface area contributed by atoms with Crippen LogP contribution in [0, 0.1) is 0 Å². The van der Waals surface area contributed by atoms with Crippen LogP contribution in [-0.2, 0) is 12.7 Å². The maximum absolute atomic E-state index is 13.0. The van der Waals surface area contributed by atoms with Crippen molar-refractivity contribution in [3.8, 4) is 16.9 Å². The summed E-state index contributed by atoms with van der Waals surface area (Å²) in [7, 11) is 1.80. The fraction of sp³-hybridized carbons (Fsp3) is 0.185. The second kappa shape index (κ2) is 10.1. The van der Waals surface area contributed by atoms with Gasteiger partial charge in [0.25, 0.3) is 5.56 Å². The second-order valence-electron chi connectivity index (χ2n) is 8.68. The predicted octanol–water partition coefficient (Wildman–Crippen LogP) is 4.14. The van der Waals surface area contributed by atoms with Crippen LogP contribution in [0.1, 0.15) is 11.4 Å². The molecule has 0 aliphatic rings. The number of para-hydroxylation sites is 1. The fourth-order valence-electron chi connectivity index (χ4n) is 4.15. The van der Waals surface area contributed by atoms with E-state index in [0.717, 1.165) is 17.5 Å². The van der Waals surface area contributed by atoms with Gasteiger partial charge in [-0.25, -0.2) is 14.6 Å². The van der Waals surface area contributed by atoms with E-state index in [9.17, 15) is 18.0 Å². The normalized spacial score (nSPS) is 11.7. The van der Waals surface area contributed by atoms with Crippen molar-refractivity contribution in [3.63, 3.8) is 0 Å². The van der Waals surface area contributed by atoms with E-state index in [0.29, 0.717) is 40.6 Å². The minimum Gasteiger partial charge on any atom is -0.395 e. The molecule has 0 amide bonds. The van der Waals surface area contributed by atoms with Crippen molar-refractivity contribution >= 4 is 16.7 Å². The van der Waals surface area contributed by atoms with Gasteiger partial charge in [0.05, 0.1) is 29.9 Å². The van der Waals surface area contributed by atoms with Crippen molar-refractivity contribution in [2.75, 3.05) is 25.1 Å². The van der Waals surface area contributed by atoms with Crippen LogP contribution in [0.4, 0.5) is 19.0 Å². The summed E-state index contributed by atoms with van der Waals surface area (Å²) >= 11 is 0. The highest BCUT2D eigenvalue weighted by atomic mass is 19.4. The average Bonchev–Trinajstić information content (AvgIpc) is 3.29. The van der Waals surface area contributed by atoms with Gasteiger partial charge in [-0.3, -0.25) is 4.79 Å². The van der Waals surface area contributed by atoms with Crippen molar-refractivity contribution in [3.05, 3.63) is 101 Å². The van der Waals surface area contributed by atoms with Gasteiger partial charge >= 0.3 is 6.18 Å². The van der Waals surface area contributed by atoms with Gasteiger partial charge in [-0.15, -0.1) is 0 Å². The number of likely N-dealkylation sites (N-methyl/N-ethyl adjacent to an activating group) is 1. The van der Waals surface area contributed by atoms with Crippen LogP contribution in [0.25, 0.3) is 27.8 Å². The third-order valence-electron chi connectivity index (χ3n) is 6.13. The molecule has 2 aromatic carbocycles. The highest BCUT2D eigenvalue weighted by Crippen LogP contribution is 2.32. The monoisotopic (exact) mass is 520 g/mol. The molecule has 0 saturated carbocycles. The summed E-state index contributed by atoms with van der Waals surface area (Å²) in [5.41, 5.74) is 1.25. The van der Waals surface area contributed by atoms with E-state index in [4.69, 9.17) is 5.11 Å². The number of fused-ring (bicyclic) bond motifs is 1. The second-order valence-corrected chi connectivity index (χ2v) is 8.68. The maximum atomic E-state index is 13.0. The molecule has 11 heteroatoms. The summed E-state index contributed by atoms with van der Waals surface area (Å²) in [5.74, 6) is 1.08. The lowest BCUT2D eigenvalue weighted by atomic mass is 10.1. The van der Waals surface area contributed by atoms with E-state index in [-0.39, 0.29) is 18.7 Å². The third kappa shape index (κ3) is 5.00. The number of halogens is 3. The number of benzene rings is 2. The molecule has 0 fully saturated rings. The Bertz CT molecular complexity index is 1640.